The summed E-state index contributed by atoms with van der Waals surface area (Å²) in [4.78, 5) is 0. The van der Waals surface area contributed by atoms with Crippen LogP contribution in [0.15, 0.2) is 35.9 Å². The fraction of sp³-hybridized carbons (Fsp3) is 0.385. The van der Waals surface area contributed by atoms with Crippen LogP contribution in [0.25, 0.3) is 6.08 Å². The van der Waals surface area contributed by atoms with Gasteiger partial charge in [0.25, 0.3) is 0 Å². The Morgan fingerprint density at radius 2 is 2.07 bits per heavy atom. The van der Waals surface area contributed by atoms with Gasteiger partial charge in [0.1, 0.15) is 0 Å². The summed E-state index contributed by atoms with van der Waals surface area (Å²) in [5.74, 6) is 0. The molecule has 0 amide bonds. The Kier molecular flexibility index (Phi) is 5.71. The number of halogens is 1. The van der Waals surface area contributed by atoms with Crippen LogP contribution >= 0.6 is 0 Å². The van der Waals surface area contributed by atoms with E-state index < -0.39 is 0 Å². The number of nitrogens with one attached hydrogen (secondary N) is 1. The van der Waals surface area contributed by atoms with Crippen LogP contribution in [0.1, 0.15) is 18.9 Å². The van der Waals surface area contributed by atoms with Crippen molar-refractivity contribution in [2.45, 2.75) is 13.3 Å². The highest BCUT2D eigenvalue weighted by Gasteiger charge is 1.91. The Morgan fingerprint density at radius 3 is 2.73 bits per heavy atom. The van der Waals surface area contributed by atoms with Gasteiger partial charge in [-0.05, 0) is 25.5 Å². The average Bonchev–Trinajstić information content (AvgIpc) is 2.26. The van der Waals surface area contributed by atoms with Gasteiger partial charge in [-0.15, -0.1) is 0 Å². The summed E-state index contributed by atoms with van der Waals surface area (Å²) >= 11 is 0. The maximum absolute atomic E-state index is 11.8. The quantitative estimate of drug-likeness (QED) is 0.707. The van der Waals surface area contributed by atoms with Crippen molar-refractivity contribution in [3.05, 3.63) is 41.5 Å². The van der Waals surface area contributed by atoms with Gasteiger partial charge in [-0.3, -0.25) is 4.39 Å². The van der Waals surface area contributed by atoms with E-state index in [2.05, 4.69) is 30.4 Å². The van der Waals surface area contributed by atoms with Crippen molar-refractivity contribution in [2.24, 2.45) is 0 Å². The molecule has 1 aromatic carbocycles. The molecule has 0 unspecified atom stereocenters. The molecule has 1 rings (SSSR count). The van der Waals surface area contributed by atoms with E-state index in [4.69, 9.17) is 0 Å². The SMILES string of the molecule is C/C(=C/c1ccccc1)CNCCCF. The highest BCUT2D eigenvalue weighted by Crippen LogP contribution is 2.04. The van der Waals surface area contributed by atoms with E-state index in [1.54, 1.807) is 0 Å². The van der Waals surface area contributed by atoms with Crippen LogP contribution in [-0.4, -0.2) is 19.8 Å². The molecule has 1 aromatic rings. The Labute approximate surface area is 91.0 Å². The monoisotopic (exact) mass is 207 g/mol. The number of hydrogen-bond donors (Lipinski definition) is 1. The lowest BCUT2D eigenvalue weighted by Gasteiger charge is -2.03. The minimum Gasteiger partial charge on any atom is -0.313 e. The molecule has 0 spiro atoms. The predicted molar refractivity (Wildman–Crippen MR) is 63.6 cm³/mol. The molecule has 0 atom stereocenters. The average molecular weight is 207 g/mol. The molecule has 0 aliphatic carbocycles. The van der Waals surface area contributed by atoms with E-state index in [9.17, 15) is 4.39 Å². The molecule has 0 aliphatic heterocycles. The van der Waals surface area contributed by atoms with Crippen LogP contribution < -0.4 is 5.32 Å². The van der Waals surface area contributed by atoms with Crippen molar-refractivity contribution in [3.8, 4) is 0 Å². The molecule has 15 heavy (non-hydrogen) atoms. The molecule has 2 heteroatoms. The first-order valence-corrected chi connectivity index (χ1v) is 5.32. The second kappa shape index (κ2) is 7.18. The predicted octanol–water partition coefficient (Wildman–Crippen LogP) is 3.04. The van der Waals surface area contributed by atoms with Crippen molar-refractivity contribution in [1.29, 1.82) is 0 Å². The molecule has 0 saturated heterocycles. The Balaban J connectivity index is 2.33. The van der Waals surface area contributed by atoms with Gasteiger partial charge in [-0.1, -0.05) is 42.0 Å². The van der Waals surface area contributed by atoms with E-state index in [1.807, 2.05) is 18.2 Å². The summed E-state index contributed by atoms with van der Waals surface area (Å²) < 4.78 is 11.8. The molecule has 0 aliphatic rings. The third-order valence-corrected chi connectivity index (χ3v) is 2.10. The topological polar surface area (TPSA) is 12.0 Å². The molecular formula is C13H18FN. The molecule has 82 valence electrons. The summed E-state index contributed by atoms with van der Waals surface area (Å²) in [6, 6.07) is 10.2. The first-order chi connectivity index (χ1) is 7.33. The van der Waals surface area contributed by atoms with Crippen molar-refractivity contribution >= 4 is 6.08 Å². The normalized spacial score (nSPS) is 11.7. The molecule has 1 nitrogen and oxygen atoms in total. The lowest BCUT2D eigenvalue weighted by molar-refractivity contribution is 0.463. The van der Waals surface area contributed by atoms with E-state index in [0.29, 0.717) is 6.42 Å². The van der Waals surface area contributed by atoms with Crippen molar-refractivity contribution in [2.75, 3.05) is 19.8 Å². The lowest BCUT2D eigenvalue weighted by atomic mass is 10.1. The van der Waals surface area contributed by atoms with Crippen LogP contribution in [-0.2, 0) is 0 Å². The second-order valence-electron chi connectivity index (χ2n) is 3.62. The molecule has 0 heterocycles. The van der Waals surface area contributed by atoms with Gasteiger partial charge in [0.05, 0.1) is 6.67 Å². The van der Waals surface area contributed by atoms with Crippen LogP contribution in [0.2, 0.25) is 0 Å². The minimum atomic E-state index is -0.242. The standard InChI is InChI=1S/C13H18FN/c1-12(11-15-9-5-8-14)10-13-6-3-2-4-7-13/h2-4,6-7,10,15H,5,8-9,11H2,1H3/b12-10-. The van der Waals surface area contributed by atoms with E-state index in [-0.39, 0.29) is 6.67 Å². The zero-order valence-electron chi connectivity index (χ0n) is 9.17. The fourth-order valence-corrected chi connectivity index (χ4v) is 1.36. The number of hydrogen-bond acceptors (Lipinski definition) is 1. The Bertz CT molecular complexity index is 293. The van der Waals surface area contributed by atoms with Gasteiger partial charge >= 0.3 is 0 Å². The van der Waals surface area contributed by atoms with E-state index >= 15 is 0 Å². The highest BCUT2D eigenvalue weighted by atomic mass is 19.1. The zero-order valence-corrected chi connectivity index (χ0v) is 9.17. The molecule has 0 radical (unpaired) electrons. The smallest absolute Gasteiger partial charge is 0.0906 e. The summed E-state index contributed by atoms with van der Waals surface area (Å²) in [5, 5.41) is 3.20. The molecule has 0 bridgehead atoms. The van der Waals surface area contributed by atoms with Gasteiger partial charge in [0, 0.05) is 6.54 Å². The number of benzene rings is 1. The maximum atomic E-state index is 11.8. The fourth-order valence-electron chi connectivity index (χ4n) is 1.36. The number of alkyl halides is 1. The van der Waals surface area contributed by atoms with Crippen LogP contribution in [0.5, 0.6) is 0 Å². The van der Waals surface area contributed by atoms with Crippen molar-refractivity contribution < 1.29 is 4.39 Å². The van der Waals surface area contributed by atoms with Crippen LogP contribution in [0.3, 0.4) is 0 Å². The van der Waals surface area contributed by atoms with Gasteiger partial charge in [-0.25, -0.2) is 0 Å². The number of rotatable bonds is 6. The lowest BCUT2D eigenvalue weighted by Crippen LogP contribution is -2.17. The molecular weight excluding hydrogens is 189 g/mol. The van der Waals surface area contributed by atoms with Gasteiger partial charge in [-0.2, -0.15) is 0 Å². The highest BCUT2D eigenvalue weighted by molar-refractivity contribution is 5.52. The van der Waals surface area contributed by atoms with Gasteiger partial charge in [0.15, 0.2) is 0 Å². The van der Waals surface area contributed by atoms with E-state index in [1.165, 1.54) is 11.1 Å². The molecule has 1 N–H and O–H groups in total. The van der Waals surface area contributed by atoms with Crippen LogP contribution in [0.4, 0.5) is 4.39 Å². The summed E-state index contributed by atoms with van der Waals surface area (Å²) in [6.45, 7) is 3.41. The molecule has 0 saturated carbocycles. The summed E-state index contributed by atoms with van der Waals surface area (Å²) in [5.41, 5.74) is 2.47. The van der Waals surface area contributed by atoms with Gasteiger partial charge < -0.3 is 5.32 Å². The molecule has 0 fully saturated rings. The zero-order chi connectivity index (χ0) is 10.9. The third-order valence-electron chi connectivity index (χ3n) is 2.10. The second-order valence-corrected chi connectivity index (χ2v) is 3.62. The largest absolute Gasteiger partial charge is 0.313 e. The first-order valence-electron chi connectivity index (χ1n) is 5.32. The first kappa shape index (κ1) is 11.9. The molecule has 0 aromatic heterocycles. The third kappa shape index (κ3) is 5.33. The van der Waals surface area contributed by atoms with Crippen molar-refractivity contribution in [1.82, 2.24) is 5.32 Å². The van der Waals surface area contributed by atoms with Gasteiger partial charge in [0.2, 0.25) is 0 Å². The summed E-state index contributed by atoms with van der Waals surface area (Å²) in [6.07, 6.45) is 2.74. The van der Waals surface area contributed by atoms with Crippen LogP contribution in [0, 0.1) is 0 Å². The summed E-state index contributed by atoms with van der Waals surface area (Å²) in [7, 11) is 0. The van der Waals surface area contributed by atoms with Crippen molar-refractivity contribution in [3.63, 3.8) is 0 Å². The Morgan fingerprint density at radius 1 is 1.33 bits per heavy atom. The van der Waals surface area contributed by atoms with E-state index in [0.717, 1.165) is 13.1 Å². The maximum Gasteiger partial charge on any atom is 0.0906 e. The minimum absolute atomic E-state index is 0.242. The Hall–Kier alpha value is -1.15.